The van der Waals surface area contributed by atoms with E-state index in [0.717, 1.165) is 22.0 Å². The molecule has 0 fully saturated rings. The van der Waals surface area contributed by atoms with Crippen molar-refractivity contribution in [2.24, 2.45) is 0 Å². The average molecular weight is 355 g/mol. The van der Waals surface area contributed by atoms with Crippen LogP contribution in [0.2, 0.25) is 5.15 Å². The van der Waals surface area contributed by atoms with Crippen molar-refractivity contribution in [1.82, 2.24) is 14.9 Å². The molecular weight excluding hydrogens is 336 g/mol. The number of halogens is 1. The topological polar surface area (TPSA) is 75.0 Å². The van der Waals surface area contributed by atoms with E-state index in [0.29, 0.717) is 11.0 Å². The van der Waals surface area contributed by atoms with Crippen molar-refractivity contribution >= 4 is 40.3 Å². The van der Waals surface area contributed by atoms with Gasteiger partial charge >= 0.3 is 0 Å². The van der Waals surface area contributed by atoms with Gasteiger partial charge in [-0.1, -0.05) is 29.8 Å². The zero-order valence-corrected chi connectivity index (χ0v) is 14.8. The molecule has 0 spiro atoms. The summed E-state index contributed by atoms with van der Waals surface area (Å²) in [6.07, 6.45) is 4.86. The van der Waals surface area contributed by atoms with Crippen LogP contribution in [0.3, 0.4) is 0 Å². The Balaban J connectivity index is 1.81. The van der Waals surface area contributed by atoms with Gasteiger partial charge in [-0.2, -0.15) is 0 Å². The number of likely N-dealkylation sites (N-methyl/N-ethyl adjacent to an activating group) is 1. The summed E-state index contributed by atoms with van der Waals surface area (Å²) >= 11 is 6.37. The van der Waals surface area contributed by atoms with Gasteiger partial charge in [-0.25, -0.2) is 4.98 Å². The summed E-state index contributed by atoms with van der Waals surface area (Å²) in [7, 11) is 1.76. The van der Waals surface area contributed by atoms with Crippen molar-refractivity contribution in [3.8, 4) is 0 Å². The fourth-order valence-corrected chi connectivity index (χ4v) is 3.09. The lowest BCUT2D eigenvalue weighted by atomic mass is 10.1. The number of fused-ring (bicyclic) bond motifs is 1. The van der Waals surface area contributed by atoms with Crippen molar-refractivity contribution < 1.29 is 4.79 Å². The third-order valence-electron chi connectivity index (χ3n) is 4.27. The smallest absolute Gasteiger partial charge is 0.246 e. The van der Waals surface area contributed by atoms with Crippen LogP contribution in [0.1, 0.15) is 24.1 Å². The van der Waals surface area contributed by atoms with Crippen LogP contribution in [-0.4, -0.2) is 27.8 Å². The highest BCUT2D eigenvalue weighted by molar-refractivity contribution is 6.31. The number of rotatable bonds is 4. The van der Waals surface area contributed by atoms with Gasteiger partial charge in [0.15, 0.2) is 0 Å². The molecule has 128 valence electrons. The summed E-state index contributed by atoms with van der Waals surface area (Å²) in [5.74, 6) is 0.328. The predicted molar refractivity (Wildman–Crippen MR) is 102 cm³/mol. The molecule has 0 radical (unpaired) electrons. The van der Waals surface area contributed by atoms with E-state index in [1.807, 2.05) is 37.3 Å². The molecule has 0 bridgehead atoms. The molecule has 3 aromatic rings. The number of hydrogen-bond acceptors (Lipinski definition) is 3. The molecule has 5 nitrogen and oxygen atoms in total. The molecule has 0 aliphatic rings. The number of nitrogen functional groups attached to an aromatic ring is 1. The van der Waals surface area contributed by atoms with Gasteiger partial charge in [0.05, 0.1) is 6.04 Å². The van der Waals surface area contributed by atoms with Crippen LogP contribution in [0.5, 0.6) is 0 Å². The predicted octanol–water partition coefficient (Wildman–Crippen LogP) is 4.03. The molecule has 1 amide bonds. The summed E-state index contributed by atoms with van der Waals surface area (Å²) < 4.78 is 0. The lowest BCUT2D eigenvalue weighted by Gasteiger charge is -2.24. The number of carbonyl (C=O) groups is 1. The lowest BCUT2D eigenvalue weighted by molar-refractivity contribution is -0.126. The number of aromatic nitrogens is 2. The number of nitrogens with two attached hydrogens (primary N) is 1. The second kappa shape index (κ2) is 6.99. The number of carbonyl (C=O) groups excluding carboxylic acids is 1. The highest BCUT2D eigenvalue weighted by Crippen LogP contribution is 2.33. The average Bonchev–Trinajstić information content (AvgIpc) is 2.95. The Hall–Kier alpha value is -2.79. The quantitative estimate of drug-likeness (QED) is 0.694. The van der Waals surface area contributed by atoms with Crippen molar-refractivity contribution in [2.75, 3.05) is 12.8 Å². The van der Waals surface area contributed by atoms with Gasteiger partial charge in [-0.3, -0.25) is 4.79 Å². The van der Waals surface area contributed by atoms with Gasteiger partial charge in [0.1, 0.15) is 11.0 Å². The maximum absolute atomic E-state index is 12.5. The maximum Gasteiger partial charge on any atom is 0.246 e. The van der Waals surface area contributed by atoms with E-state index in [4.69, 9.17) is 17.3 Å². The van der Waals surface area contributed by atoms with Crippen molar-refractivity contribution in [3.05, 3.63) is 65.0 Å². The summed E-state index contributed by atoms with van der Waals surface area (Å²) in [6.45, 7) is 1.96. The van der Waals surface area contributed by atoms with Crippen LogP contribution in [0.15, 0.2) is 48.7 Å². The molecule has 0 aliphatic carbocycles. The molecule has 0 saturated heterocycles. The van der Waals surface area contributed by atoms with E-state index in [-0.39, 0.29) is 11.9 Å². The molecule has 1 atom stereocenters. The van der Waals surface area contributed by atoms with Gasteiger partial charge in [-0.15, -0.1) is 0 Å². The molecule has 2 heterocycles. The Morgan fingerprint density at radius 2 is 2.08 bits per heavy atom. The SMILES string of the molecule is CC(c1c(Cl)[nH]c2ccccc12)N(C)C(=O)/C=C/c1ccc(N)nc1. The summed E-state index contributed by atoms with van der Waals surface area (Å²) in [5.41, 5.74) is 8.24. The molecule has 3 N–H and O–H groups in total. The first-order valence-corrected chi connectivity index (χ1v) is 8.27. The fraction of sp³-hybridized carbons (Fsp3) is 0.158. The Kier molecular flexibility index (Phi) is 4.76. The highest BCUT2D eigenvalue weighted by Gasteiger charge is 2.21. The van der Waals surface area contributed by atoms with E-state index >= 15 is 0 Å². The van der Waals surface area contributed by atoms with E-state index < -0.39 is 0 Å². The number of anilines is 1. The molecule has 0 aliphatic heterocycles. The number of H-pyrrole nitrogens is 1. The Labute approximate surface area is 151 Å². The molecule has 1 aromatic carbocycles. The van der Waals surface area contributed by atoms with E-state index in [1.54, 1.807) is 30.3 Å². The standard InChI is InChI=1S/C19H19ClN4O/c1-12(18-14-5-3-4-6-15(14)23-19(18)20)24(2)17(25)10-8-13-7-9-16(21)22-11-13/h3-12,23H,1-2H3,(H2,21,22)/b10-8+. The van der Waals surface area contributed by atoms with Gasteiger partial charge in [0.2, 0.25) is 5.91 Å². The number of nitrogens with zero attached hydrogens (tertiary/aromatic N) is 2. The van der Waals surface area contributed by atoms with E-state index in [9.17, 15) is 4.79 Å². The number of aromatic amines is 1. The summed E-state index contributed by atoms with van der Waals surface area (Å²) in [5, 5.41) is 1.58. The number of nitrogens with one attached hydrogen (secondary N) is 1. The first-order valence-electron chi connectivity index (χ1n) is 7.90. The zero-order chi connectivity index (χ0) is 18.0. The molecule has 3 rings (SSSR count). The van der Waals surface area contributed by atoms with Crippen LogP contribution in [0.25, 0.3) is 17.0 Å². The Morgan fingerprint density at radius 3 is 2.80 bits per heavy atom. The Morgan fingerprint density at radius 1 is 1.32 bits per heavy atom. The van der Waals surface area contributed by atoms with Crippen molar-refractivity contribution in [3.63, 3.8) is 0 Å². The number of para-hydroxylation sites is 1. The molecule has 2 aromatic heterocycles. The highest BCUT2D eigenvalue weighted by atomic mass is 35.5. The van der Waals surface area contributed by atoms with Crippen LogP contribution in [-0.2, 0) is 4.79 Å². The Bertz CT molecular complexity index is 930. The second-order valence-corrected chi connectivity index (χ2v) is 6.25. The van der Waals surface area contributed by atoms with Crippen LogP contribution in [0, 0.1) is 0 Å². The lowest BCUT2D eigenvalue weighted by Crippen LogP contribution is -2.28. The number of hydrogen-bond donors (Lipinski definition) is 2. The van der Waals surface area contributed by atoms with Crippen LogP contribution < -0.4 is 5.73 Å². The molecule has 6 heteroatoms. The van der Waals surface area contributed by atoms with Gasteiger partial charge in [0.25, 0.3) is 0 Å². The van der Waals surface area contributed by atoms with Crippen LogP contribution >= 0.6 is 11.6 Å². The molecule has 25 heavy (non-hydrogen) atoms. The normalized spacial score (nSPS) is 12.6. The minimum atomic E-state index is -0.176. The zero-order valence-electron chi connectivity index (χ0n) is 14.0. The fourth-order valence-electron chi connectivity index (χ4n) is 2.72. The van der Waals surface area contributed by atoms with E-state index in [2.05, 4.69) is 9.97 Å². The molecule has 1 unspecified atom stereocenters. The largest absolute Gasteiger partial charge is 0.384 e. The third-order valence-corrected chi connectivity index (χ3v) is 4.57. The van der Waals surface area contributed by atoms with E-state index in [1.165, 1.54) is 6.08 Å². The summed E-state index contributed by atoms with van der Waals surface area (Å²) in [4.78, 5) is 21.3. The number of benzene rings is 1. The second-order valence-electron chi connectivity index (χ2n) is 5.87. The molecular formula is C19H19ClN4O. The monoisotopic (exact) mass is 354 g/mol. The third kappa shape index (κ3) is 3.51. The first kappa shape index (κ1) is 17.0. The maximum atomic E-state index is 12.5. The van der Waals surface area contributed by atoms with Gasteiger partial charge < -0.3 is 15.6 Å². The van der Waals surface area contributed by atoms with Gasteiger partial charge in [0, 0.05) is 35.8 Å². The van der Waals surface area contributed by atoms with Crippen molar-refractivity contribution in [1.29, 1.82) is 0 Å². The van der Waals surface area contributed by atoms with Gasteiger partial charge in [-0.05, 0) is 36.8 Å². The van der Waals surface area contributed by atoms with Crippen molar-refractivity contribution in [2.45, 2.75) is 13.0 Å². The van der Waals surface area contributed by atoms with Crippen LogP contribution in [0.4, 0.5) is 5.82 Å². The number of amides is 1. The molecule has 0 saturated carbocycles. The minimum Gasteiger partial charge on any atom is -0.384 e. The minimum absolute atomic E-state index is 0.120. The number of pyridine rings is 1. The first-order chi connectivity index (χ1) is 12.0. The summed E-state index contributed by atoms with van der Waals surface area (Å²) in [6, 6.07) is 11.2.